The summed E-state index contributed by atoms with van der Waals surface area (Å²) >= 11 is 0. The first kappa shape index (κ1) is 12.9. The van der Waals surface area contributed by atoms with Crippen LogP contribution in [0.2, 0.25) is 0 Å². The fraction of sp³-hybridized carbons (Fsp3) is 0.929. The molecule has 1 atom stereocenters. The second kappa shape index (κ2) is 4.60. The van der Waals surface area contributed by atoms with Crippen LogP contribution < -0.4 is 10.6 Å². The van der Waals surface area contributed by atoms with Crippen LogP contribution >= 0.6 is 0 Å². The van der Waals surface area contributed by atoms with Gasteiger partial charge in [0.2, 0.25) is 5.91 Å². The first-order valence-electron chi connectivity index (χ1n) is 6.93. The maximum absolute atomic E-state index is 12.3. The molecule has 1 aliphatic heterocycles. The Kier molecular flexibility index (Phi) is 3.48. The van der Waals surface area contributed by atoms with Gasteiger partial charge in [-0.05, 0) is 50.6 Å². The first-order valence-corrected chi connectivity index (χ1v) is 6.93. The van der Waals surface area contributed by atoms with Gasteiger partial charge in [-0.1, -0.05) is 20.8 Å². The van der Waals surface area contributed by atoms with Gasteiger partial charge in [-0.25, -0.2) is 0 Å². The minimum Gasteiger partial charge on any atom is -0.353 e. The third-order valence-corrected chi connectivity index (χ3v) is 4.56. The Balaban J connectivity index is 1.88. The van der Waals surface area contributed by atoms with Crippen LogP contribution in [0.4, 0.5) is 0 Å². The van der Waals surface area contributed by atoms with Crippen molar-refractivity contribution in [2.75, 3.05) is 13.1 Å². The highest BCUT2D eigenvalue weighted by molar-refractivity contribution is 5.82. The smallest absolute Gasteiger partial charge is 0.226 e. The van der Waals surface area contributed by atoms with Crippen LogP contribution in [0.5, 0.6) is 0 Å². The van der Waals surface area contributed by atoms with Gasteiger partial charge in [0.15, 0.2) is 0 Å². The Bertz CT molecular complexity index is 293. The second-order valence-corrected chi connectivity index (χ2v) is 6.89. The molecular weight excluding hydrogens is 212 g/mol. The predicted molar refractivity (Wildman–Crippen MR) is 69.8 cm³/mol. The topological polar surface area (TPSA) is 41.1 Å². The van der Waals surface area contributed by atoms with Gasteiger partial charge in [0.05, 0.1) is 0 Å². The van der Waals surface area contributed by atoms with E-state index in [0.717, 1.165) is 38.8 Å². The highest BCUT2D eigenvalue weighted by Gasteiger charge is 2.38. The number of piperidine rings is 1. The Hall–Kier alpha value is -0.570. The number of carbonyl (C=O) groups is 1. The van der Waals surface area contributed by atoms with Crippen LogP contribution in [-0.2, 0) is 4.79 Å². The van der Waals surface area contributed by atoms with Crippen molar-refractivity contribution in [1.29, 1.82) is 0 Å². The maximum Gasteiger partial charge on any atom is 0.226 e. The minimum absolute atomic E-state index is 0.141. The van der Waals surface area contributed by atoms with E-state index < -0.39 is 0 Å². The lowest BCUT2D eigenvalue weighted by atomic mass is 9.80. The maximum atomic E-state index is 12.3. The largest absolute Gasteiger partial charge is 0.353 e. The summed E-state index contributed by atoms with van der Waals surface area (Å²) in [6, 6.07) is 0.407. The summed E-state index contributed by atoms with van der Waals surface area (Å²) < 4.78 is 0. The van der Waals surface area contributed by atoms with Crippen molar-refractivity contribution in [2.45, 2.75) is 58.9 Å². The normalized spacial score (nSPS) is 31.1. The molecule has 98 valence electrons. The predicted octanol–water partition coefficient (Wildman–Crippen LogP) is 2.07. The fourth-order valence-corrected chi connectivity index (χ4v) is 3.12. The van der Waals surface area contributed by atoms with Crippen LogP contribution in [0.25, 0.3) is 0 Å². The highest BCUT2D eigenvalue weighted by Crippen LogP contribution is 2.37. The lowest BCUT2D eigenvalue weighted by Gasteiger charge is -2.33. The third kappa shape index (κ3) is 3.01. The van der Waals surface area contributed by atoms with Crippen molar-refractivity contribution in [3.8, 4) is 0 Å². The van der Waals surface area contributed by atoms with Crippen LogP contribution in [0, 0.1) is 10.8 Å². The van der Waals surface area contributed by atoms with Crippen LogP contribution in [0.3, 0.4) is 0 Å². The second-order valence-electron chi connectivity index (χ2n) is 6.89. The Morgan fingerprint density at radius 1 is 1.18 bits per heavy atom. The van der Waals surface area contributed by atoms with Crippen LogP contribution in [0.1, 0.15) is 52.9 Å². The van der Waals surface area contributed by atoms with E-state index >= 15 is 0 Å². The summed E-state index contributed by atoms with van der Waals surface area (Å²) in [6.07, 6.45) is 5.44. The molecule has 1 saturated heterocycles. The summed E-state index contributed by atoms with van der Waals surface area (Å²) in [5, 5.41) is 6.60. The molecule has 2 rings (SSSR count). The van der Waals surface area contributed by atoms with Crippen LogP contribution in [0.15, 0.2) is 0 Å². The van der Waals surface area contributed by atoms with E-state index in [4.69, 9.17) is 0 Å². The molecule has 3 heteroatoms. The first-order chi connectivity index (χ1) is 7.91. The zero-order valence-electron chi connectivity index (χ0n) is 11.4. The molecular formula is C14H26N2O. The zero-order valence-corrected chi connectivity index (χ0v) is 11.4. The lowest BCUT2D eigenvalue weighted by Crippen LogP contribution is -2.48. The van der Waals surface area contributed by atoms with Crippen LogP contribution in [-0.4, -0.2) is 25.0 Å². The van der Waals surface area contributed by atoms with Gasteiger partial charge < -0.3 is 10.6 Å². The summed E-state index contributed by atoms with van der Waals surface area (Å²) in [6.45, 7) is 8.65. The molecule has 0 aromatic heterocycles. The van der Waals surface area contributed by atoms with Gasteiger partial charge >= 0.3 is 0 Å². The molecule has 2 fully saturated rings. The van der Waals surface area contributed by atoms with E-state index in [-0.39, 0.29) is 11.3 Å². The van der Waals surface area contributed by atoms with Crippen molar-refractivity contribution in [2.24, 2.45) is 10.8 Å². The standard InChI is InChI=1S/C14H26N2O/c1-13(2)5-4-11(10-13)16-12(17)14(3)6-8-15-9-7-14/h11,15H,4-10H2,1-3H3,(H,16,17). The van der Waals surface area contributed by atoms with Crippen molar-refractivity contribution < 1.29 is 4.79 Å². The van der Waals surface area contributed by atoms with E-state index in [0.29, 0.717) is 11.5 Å². The molecule has 0 radical (unpaired) electrons. The SMILES string of the molecule is CC1(C)CCC(NC(=O)C2(C)CCNCC2)C1. The number of rotatable bonds is 2. The Morgan fingerprint density at radius 3 is 2.35 bits per heavy atom. The molecule has 3 nitrogen and oxygen atoms in total. The van der Waals surface area contributed by atoms with E-state index in [1.807, 2.05) is 0 Å². The molecule has 1 amide bonds. The quantitative estimate of drug-likeness (QED) is 0.773. The van der Waals surface area contributed by atoms with Gasteiger partial charge in [-0.3, -0.25) is 4.79 Å². The van der Waals surface area contributed by atoms with E-state index in [2.05, 4.69) is 31.4 Å². The molecule has 0 spiro atoms. The highest BCUT2D eigenvalue weighted by atomic mass is 16.2. The average molecular weight is 238 g/mol. The number of hydrogen-bond donors (Lipinski definition) is 2. The molecule has 0 aromatic rings. The fourth-order valence-electron chi connectivity index (χ4n) is 3.12. The molecule has 1 unspecified atom stereocenters. The molecule has 1 aliphatic carbocycles. The summed E-state index contributed by atoms with van der Waals surface area (Å²) in [4.78, 5) is 12.3. The number of carbonyl (C=O) groups excluding carboxylic acids is 1. The third-order valence-electron chi connectivity index (χ3n) is 4.56. The Labute approximate surface area is 105 Å². The van der Waals surface area contributed by atoms with Crippen molar-refractivity contribution in [3.63, 3.8) is 0 Å². The zero-order chi connectivity index (χ0) is 12.5. The number of nitrogens with one attached hydrogen (secondary N) is 2. The molecule has 0 aromatic carbocycles. The van der Waals surface area contributed by atoms with Crippen molar-refractivity contribution in [1.82, 2.24) is 10.6 Å². The number of hydrogen-bond acceptors (Lipinski definition) is 2. The van der Waals surface area contributed by atoms with E-state index in [9.17, 15) is 4.79 Å². The van der Waals surface area contributed by atoms with E-state index in [1.54, 1.807) is 0 Å². The summed E-state index contributed by atoms with van der Waals surface area (Å²) in [5.41, 5.74) is 0.269. The van der Waals surface area contributed by atoms with E-state index in [1.165, 1.54) is 6.42 Å². The summed E-state index contributed by atoms with van der Waals surface area (Å²) in [5.74, 6) is 0.279. The van der Waals surface area contributed by atoms with Gasteiger partial charge in [0, 0.05) is 11.5 Å². The molecule has 2 N–H and O–H groups in total. The summed E-state index contributed by atoms with van der Waals surface area (Å²) in [7, 11) is 0. The van der Waals surface area contributed by atoms with Gasteiger partial charge in [0.1, 0.15) is 0 Å². The van der Waals surface area contributed by atoms with Gasteiger partial charge in [-0.2, -0.15) is 0 Å². The monoisotopic (exact) mass is 238 g/mol. The molecule has 1 heterocycles. The molecule has 0 bridgehead atoms. The van der Waals surface area contributed by atoms with Crippen molar-refractivity contribution >= 4 is 5.91 Å². The van der Waals surface area contributed by atoms with Crippen molar-refractivity contribution in [3.05, 3.63) is 0 Å². The van der Waals surface area contributed by atoms with Gasteiger partial charge in [0.25, 0.3) is 0 Å². The molecule has 2 aliphatic rings. The van der Waals surface area contributed by atoms with Gasteiger partial charge in [-0.15, -0.1) is 0 Å². The Morgan fingerprint density at radius 2 is 1.82 bits per heavy atom. The molecule has 1 saturated carbocycles. The minimum atomic E-state index is -0.141. The average Bonchev–Trinajstić information content (AvgIpc) is 2.59. The molecule has 17 heavy (non-hydrogen) atoms. The number of amides is 1. The lowest BCUT2D eigenvalue weighted by molar-refractivity contribution is -0.132.